The fraction of sp³-hybridized carbons (Fsp3) is 0.200. The summed E-state index contributed by atoms with van der Waals surface area (Å²) in [6.45, 7) is 4.31. The summed E-state index contributed by atoms with van der Waals surface area (Å²) in [6, 6.07) is 15.3. The highest BCUT2D eigenvalue weighted by Gasteiger charge is 2.10. The van der Waals surface area contributed by atoms with Gasteiger partial charge in [0.2, 0.25) is 0 Å². The summed E-state index contributed by atoms with van der Waals surface area (Å²) in [7, 11) is 0. The lowest BCUT2D eigenvalue weighted by molar-refractivity contribution is 1.15. The van der Waals surface area contributed by atoms with E-state index in [1.165, 1.54) is 25.8 Å². The van der Waals surface area contributed by atoms with Crippen molar-refractivity contribution >= 4 is 38.5 Å². The van der Waals surface area contributed by atoms with E-state index in [1.807, 2.05) is 0 Å². The normalized spacial score (nSPS) is 12.5. The zero-order chi connectivity index (χ0) is 12.4. The molecule has 17 heavy (non-hydrogen) atoms. The molecule has 2 aromatic rings. The summed E-state index contributed by atoms with van der Waals surface area (Å²) in [5.41, 5.74) is 5.30. The Morgan fingerprint density at radius 3 is 2.06 bits per heavy atom. The number of rotatable bonds is 2. The second kappa shape index (κ2) is 5.53. The van der Waals surface area contributed by atoms with Crippen LogP contribution >= 0.6 is 38.5 Å². The number of benzene rings is 2. The summed E-state index contributed by atoms with van der Waals surface area (Å²) in [5, 5.41) is 0. The van der Waals surface area contributed by atoms with E-state index in [1.54, 1.807) is 0 Å². The van der Waals surface area contributed by atoms with Crippen molar-refractivity contribution < 1.29 is 0 Å². The van der Waals surface area contributed by atoms with Crippen molar-refractivity contribution in [1.82, 2.24) is 0 Å². The summed E-state index contributed by atoms with van der Waals surface area (Å²) in [5.74, 6) is 0. The Hall–Kier alpha value is -0.350. The molecule has 0 saturated carbocycles. The van der Waals surface area contributed by atoms with E-state index >= 15 is 0 Å². The fourth-order valence-electron chi connectivity index (χ4n) is 1.75. The molecule has 88 valence electrons. The van der Waals surface area contributed by atoms with E-state index in [4.69, 9.17) is 0 Å². The largest absolute Gasteiger partial charge is 0.0786 e. The molecular formula is C15H14BrI. The molecule has 2 aromatic carbocycles. The topological polar surface area (TPSA) is 0 Å². The van der Waals surface area contributed by atoms with Crippen LogP contribution in [0.1, 0.15) is 27.1 Å². The quantitative estimate of drug-likeness (QED) is 0.468. The summed E-state index contributed by atoms with van der Waals surface area (Å²) in [4.78, 5) is 0.277. The highest BCUT2D eigenvalue weighted by molar-refractivity contribution is 14.1. The molecule has 0 aliphatic carbocycles. The van der Waals surface area contributed by atoms with Gasteiger partial charge in [-0.25, -0.2) is 0 Å². The smallest absolute Gasteiger partial charge is 0.0644 e. The van der Waals surface area contributed by atoms with Gasteiger partial charge in [-0.1, -0.05) is 46.3 Å². The van der Waals surface area contributed by atoms with E-state index in [0.717, 1.165) is 0 Å². The van der Waals surface area contributed by atoms with Crippen LogP contribution in [0.25, 0.3) is 0 Å². The van der Waals surface area contributed by atoms with Crippen molar-refractivity contribution in [3.8, 4) is 0 Å². The average molecular weight is 401 g/mol. The van der Waals surface area contributed by atoms with Crippen molar-refractivity contribution in [2.24, 2.45) is 0 Å². The number of halogens is 2. The number of hydrogen-bond acceptors (Lipinski definition) is 0. The van der Waals surface area contributed by atoms with Gasteiger partial charge >= 0.3 is 0 Å². The summed E-state index contributed by atoms with van der Waals surface area (Å²) >= 11 is 6.10. The zero-order valence-electron chi connectivity index (χ0n) is 9.87. The lowest BCUT2D eigenvalue weighted by atomic mass is 10.0. The van der Waals surface area contributed by atoms with Crippen LogP contribution < -0.4 is 0 Å². The van der Waals surface area contributed by atoms with Crippen LogP contribution in [0.2, 0.25) is 0 Å². The monoisotopic (exact) mass is 400 g/mol. The maximum atomic E-state index is 3.77. The molecule has 2 rings (SSSR count). The van der Waals surface area contributed by atoms with Crippen LogP contribution in [0.4, 0.5) is 0 Å². The van der Waals surface area contributed by atoms with Gasteiger partial charge in [0.25, 0.3) is 0 Å². The standard InChI is InChI=1S/C15H14BrI/c1-10-3-4-13(9-11(10)2)15(16)12-5-7-14(17)8-6-12/h3-9,15H,1-2H3. The number of alkyl halides is 1. The molecule has 0 fully saturated rings. The molecule has 0 nitrogen and oxygen atoms in total. The van der Waals surface area contributed by atoms with Crippen LogP contribution in [-0.2, 0) is 0 Å². The van der Waals surface area contributed by atoms with Crippen molar-refractivity contribution in [2.45, 2.75) is 18.7 Å². The SMILES string of the molecule is Cc1ccc(C(Br)c2ccc(I)cc2)cc1C. The fourth-order valence-corrected chi connectivity index (χ4v) is 2.70. The van der Waals surface area contributed by atoms with Gasteiger partial charge in [0.1, 0.15) is 0 Å². The van der Waals surface area contributed by atoms with Gasteiger partial charge in [-0.3, -0.25) is 0 Å². The molecule has 0 bridgehead atoms. The van der Waals surface area contributed by atoms with Crippen LogP contribution in [-0.4, -0.2) is 0 Å². The first-order valence-corrected chi connectivity index (χ1v) is 7.54. The summed E-state index contributed by atoms with van der Waals surface area (Å²) in [6.07, 6.45) is 0. The Labute approximate surface area is 125 Å². The second-order valence-corrected chi connectivity index (χ2v) is 6.42. The van der Waals surface area contributed by atoms with E-state index in [0.29, 0.717) is 0 Å². The predicted molar refractivity (Wildman–Crippen MR) is 85.8 cm³/mol. The highest BCUT2D eigenvalue weighted by atomic mass is 127. The van der Waals surface area contributed by atoms with Gasteiger partial charge < -0.3 is 0 Å². The Balaban J connectivity index is 2.33. The second-order valence-electron chi connectivity index (χ2n) is 4.26. The third kappa shape index (κ3) is 3.10. The molecule has 0 radical (unpaired) electrons. The van der Waals surface area contributed by atoms with Crippen LogP contribution in [0.15, 0.2) is 42.5 Å². The minimum atomic E-state index is 0.277. The first kappa shape index (κ1) is 13.1. The van der Waals surface area contributed by atoms with Crippen molar-refractivity contribution in [3.63, 3.8) is 0 Å². The third-order valence-corrected chi connectivity index (χ3v) is 4.76. The zero-order valence-corrected chi connectivity index (χ0v) is 13.6. The van der Waals surface area contributed by atoms with Gasteiger partial charge in [0, 0.05) is 3.57 Å². The lowest BCUT2D eigenvalue weighted by Crippen LogP contribution is -1.94. The van der Waals surface area contributed by atoms with Gasteiger partial charge in [0.15, 0.2) is 0 Å². The first-order chi connectivity index (χ1) is 8.08. The van der Waals surface area contributed by atoms with Gasteiger partial charge in [-0.05, 0) is 70.8 Å². The molecule has 0 saturated heterocycles. The molecule has 1 unspecified atom stereocenters. The van der Waals surface area contributed by atoms with Crippen molar-refractivity contribution in [1.29, 1.82) is 0 Å². The lowest BCUT2D eigenvalue weighted by Gasteiger charge is -2.12. The molecule has 1 atom stereocenters. The van der Waals surface area contributed by atoms with Crippen molar-refractivity contribution in [3.05, 3.63) is 68.3 Å². The highest BCUT2D eigenvalue weighted by Crippen LogP contribution is 2.31. The maximum Gasteiger partial charge on any atom is 0.0644 e. The van der Waals surface area contributed by atoms with Crippen LogP contribution in [0.5, 0.6) is 0 Å². The molecule has 0 aliphatic heterocycles. The molecule has 0 aliphatic rings. The minimum Gasteiger partial charge on any atom is -0.0786 e. The van der Waals surface area contributed by atoms with E-state index in [9.17, 15) is 0 Å². The molecule has 0 amide bonds. The van der Waals surface area contributed by atoms with Gasteiger partial charge in [-0.15, -0.1) is 0 Å². The third-order valence-electron chi connectivity index (χ3n) is 2.99. The Bertz CT molecular complexity index is 517. The molecule has 0 N–H and O–H groups in total. The Morgan fingerprint density at radius 1 is 0.882 bits per heavy atom. The number of hydrogen-bond donors (Lipinski definition) is 0. The molecule has 0 heterocycles. The Kier molecular flexibility index (Phi) is 4.26. The van der Waals surface area contributed by atoms with E-state index in [-0.39, 0.29) is 4.83 Å². The average Bonchev–Trinajstić information content (AvgIpc) is 2.33. The number of aryl methyl sites for hydroxylation is 2. The van der Waals surface area contributed by atoms with Gasteiger partial charge in [-0.2, -0.15) is 0 Å². The van der Waals surface area contributed by atoms with E-state index in [2.05, 4.69) is 94.8 Å². The van der Waals surface area contributed by atoms with Gasteiger partial charge in [0.05, 0.1) is 4.83 Å². The predicted octanol–water partition coefficient (Wildman–Crippen LogP) is 5.39. The van der Waals surface area contributed by atoms with Crippen LogP contribution in [0.3, 0.4) is 0 Å². The van der Waals surface area contributed by atoms with E-state index < -0.39 is 0 Å². The molecular weight excluding hydrogens is 387 g/mol. The maximum absolute atomic E-state index is 3.77. The molecule has 2 heteroatoms. The minimum absolute atomic E-state index is 0.277. The van der Waals surface area contributed by atoms with Crippen LogP contribution in [0, 0.1) is 17.4 Å². The summed E-state index contributed by atoms with van der Waals surface area (Å²) < 4.78 is 1.27. The molecule has 0 spiro atoms. The molecule has 0 aromatic heterocycles. The van der Waals surface area contributed by atoms with Crippen molar-refractivity contribution in [2.75, 3.05) is 0 Å². The first-order valence-electron chi connectivity index (χ1n) is 5.54. The Morgan fingerprint density at radius 2 is 1.47 bits per heavy atom.